The molecule has 32 heavy (non-hydrogen) atoms. The molecule has 2 saturated heterocycles. The van der Waals surface area contributed by atoms with Crippen LogP contribution < -0.4 is 0 Å². The number of Topliss-reactive ketones (excluding diaryl/α,β-unsaturated/α-hetero) is 2. The Labute approximate surface area is 187 Å². The molecule has 0 bridgehead atoms. The molecule has 10 heteroatoms. The summed E-state index contributed by atoms with van der Waals surface area (Å²) < 4.78 is 18.8. The van der Waals surface area contributed by atoms with Crippen LogP contribution in [-0.2, 0) is 25.5 Å². The number of rotatable bonds is 5. The average molecular weight is 456 g/mol. The number of fused-ring (bicyclic) bond motifs is 3. The number of carbonyl (C=O) groups excluding carboxylic acids is 3. The highest BCUT2D eigenvalue weighted by molar-refractivity contribution is 7.13. The second-order valence-corrected chi connectivity index (χ2v) is 9.16. The Bertz CT molecular complexity index is 1120. The number of nitrogens with zero attached hydrogens (tertiary/aromatic N) is 4. The van der Waals surface area contributed by atoms with E-state index in [1.807, 2.05) is 6.92 Å². The second-order valence-electron chi connectivity index (χ2n) is 8.09. The molecule has 5 rings (SSSR count). The van der Waals surface area contributed by atoms with E-state index in [0.29, 0.717) is 36.2 Å². The molecular weight excluding hydrogens is 435 g/mol. The highest BCUT2D eigenvalue weighted by Crippen LogP contribution is 2.35. The van der Waals surface area contributed by atoms with E-state index in [4.69, 9.17) is 4.74 Å². The van der Waals surface area contributed by atoms with E-state index in [1.165, 1.54) is 23.5 Å². The summed E-state index contributed by atoms with van der Waals surface area (Å²) in [5, 5.41) is 9.24. The first-order valence-electron chi connectivity index (χ1n) is 10.5. The predicted molar refractivity (Wildman–Crippen MR) is 113 cm³/mol. The monoisotopic (exact) mass is 456 g/mol. The SMILES string of the molecule is CCCN1C(=O)C2C(=O)C(=O)C(c3nnc(Cc4ccc(F)cc4)s3)=CN2[C@@H]2COC[C@@H]21. The van der Waals surface area contributed by atoms with Crippen molar-refractivity contribution in [2.24, 2.45) is 0 Å². The van der Waals surface area contributed by atoms with E-state index in [9.17, 15) is 18.8 Å². The number of benzene rings is 1. The summed E-state index contributed by atoms with van der Waals surface area (Å²) in [6.45, 7) is 3.28. The van der Waals surface area contributed by atoms with Gasteiger partial charge < -0.3 is 14.5 Å². The number of hydrogen-bond donors (Lipinski definition) is 0. The van der Waals surface area contributed by atoms with Crippen molar-refractivity contribution in [1.82, 2.24) is 20.0 Å². The fraction of sp³-hybridized carbons (Fsp3) is 0.409. The van der Waals surface area contributed by atoms with Gasteiger partial charge in [-0.3, -0.25) is 14.4 Å². The highest BCUT2D eigenvalue weighted by atomic mass is 32.1. The van der Waals surface area contributed by atoms with Crippen LogP contribution in [0, 0.1) is 5.82 Å². The molecule has 0 spiro atoms. The lowest BCUT2D eigenvalue weighted by Gasteiger charge is -2.48. The number of ether oxygens (including phenoxy) is 1. The van der Waals surface area contributed by atoms with Gasteiger partial charge in [-0.1, -0.05) is 30.4 Å². The standard InChI is InChI=1S/C22H21FN4O4S/c1-2-7-26-15-10-31-11-16(15)27-9-14(19(28)20(29)18(27)22(26)30)21-25-24-17(32-21)8-12-3-5-13(23)6-4-12/h3-6,9,15-16,18H,2,7-8,10-11H2,1H3/t15-,16+,18?/m0/s1. The molecule has 3 atom stereocenters. The van der Waals surface area contributed by atoms with Crippen LogP contribution in [0.2, 0.25) is 0 Å². The third-order valence-corrected chi connectivity index (χ3v) is 7.00. The third kappa shape index (κ3) is 3.43. The van der Waals surface area contributed by atoms with Gasteiger partial charge in [-0.2, -0.15) is 0 Å². The van der Waals surface area contributed by atoms with E-state index in [-0.39, 0.29) is 29.4 Å². The molecule has 1 amide bonds. The minimum absolute atomic E-state index is 0.150. The van der Waals surface area contributed by atoms with Crippen molar-refractivity contribution >= 4 is 34.4 Å². The summed E-state index contributed by atoms with van der Waals surface area (Å²) in [7, 11) is 0. The van der Waals surface area contributed by atoms with E-state index in [1.54, 1.807) is 28.1 Å². The molecule has 0 N–H and O–H groups in total. The Balaban J connectivity index is 1.45. The molecule has 0 saturated carbocycles. The van der Waals surface area contributed by atoms with Gasteiger partial charge in [0, 0.05) is 19.2 Å². The number of hydrogen-bond acceptors (Lipinski definition) is 8. The molecule has 0 radical (unpaired) electrons. The topological polar surface area (TPSA) is 92.7 Å². The lowest BCUT2D eigenvalue weighted by Crippen LogP contribution is -2.68. The molecule has 0 aliphatic carbocycles. The smallest absolute Gasteiger partial charge is 0.253 e. The Kier molecular flexibility index (Phi) is 5.34. The van der Waals surface area contributed by atoms with E-state index in [0.717, 1.165) is 12.0 Å². The second kappa shape index (κ2) is 8.18. The maximum absolute atomic E-state index is 13.1. The van der Waals surface area contributed by atoms with Crippen LogP contribution in [0.3, 0.4) is 0 Å². The Morgan fingerprint density at radius 3 is 2.62 bits per heavy atom. The van der Waals surface area contributed by atoms with Crippen LogP contribution in [0.4, 0.5) is 4.39 Å². The van der Waals surface area contributed by atoms with Gasteiger partial charge in [-0.25, -0.2) is 4.39 Å². The normalized spacial score (nSPS) is 25.1. The van der Waals surface area contributed by atoms with Crippen LogP contribution >= 0.6 is 11.3 Å². The molecule has 3 aliphatic rings. The van der Waals surface area contributed by atoms with Crippen molar-refractivity contribution in [1.29, 1.82) is 0 Å². The van der Waals surface area contributed by atoms with Crippen molar-refractivity contribution in [3.05, 3.63) is 51.9 Å². The molecule has 1 aromatic heterocycles. The predicted octanol–water partition coefficient (Wildman–Crippen LogP) is 1.45. The van der Waals surface area contributed by atoms with Gasteiger partial charge >= 0.3 is 0 Å². The van der Waals surface area contributed by atoms with Crippen molar-refractivity contribution < 1.29 is 23.5 Å². The number of piperazine rings is 1. The number of amides is 1. The number of aromatic nitrogens is 2. The number of carbonyl (C=O) groups is 3. The van der Waals surface area contributed by atoms with Crippen LogP contribution in [0.25, 0.3) is 5.57 Å². The first-order chi connectivity index (χ1) is 15.5. The summed E-state index contributed by atoms with van der Waals surface area (Å²) in [4.78, 5) is 42.4. The molecule has 4 heterocycles. The maximum Gasteiger partial charge on any atom is 0.253 e. The Morgan fingerprint density at radius 2 is 1.88 bits per heavy atom. The van der Waals surface area contributed by atoms with E-state index >= 15 is 0 Å². The van der Waals surface area contributed by atoms with Gasteiger partial charge in [0.15, 0.2) is 11.0 Å². The molecule has 2 aromatic rings. The third-order valence-electron chi connectivity index (χ3n) is 6.05. The summed E-state index contributed by atoms with van der Waals surface area (Å²) in [5.41, 5.74) is 1.01. The molecular formula is C22H21FN4O4S. The van der Waals surface area contributed by atoms with Gasteiger partial charge in [-0.15, -0.1) is 10.2 Å². The average Bonchev–Trinajstić information content (AvgIpc) is 3.45. The summed E-state index contributed by atoms with van der Waals surface area (Å²) in [6.07, 6.45) is 2.78. The van der Waals surface area contributed by atoms with Gasteiger partial charge in [0.1, 0.15) is 10.8 Å². The Morgan fingerprint density at radius 1 is 1.12 bits per heavy atom. The van der Waals surface area contributed by atoms with E-state index in [2.05, 4.69) is 10.2 Å². The maximum atomic E-state index is 13.1. The lowest BCUT2D eigenvalue weighted by atomic mass is 9.90. The molecule has 2 fully saturated rings. The number of halogens is 1. The fourth-order valence-corrected chi connectivity index (χ4v) is 5.40. The van der Waals surface area contributed by atoms with Gasteiger partial charge in [-0.05, 0) is 24.1 Å². The molecule has 3 aliphatic heterocycles. The molecule has 166 valence electrons. The van der Waals surface area contributed by atoms with Gasteiger partial charge in [0.2, 0.25) is 11.6 Å². The van der Waals surface area contributed by atoms with Crippen LogP contribution in [-0.4, -0.2) is 75.4 Å². The quantitative estimate of drug-likeness (QED) is 0.497. The zero-order valence-electron chi connectivity index (χ0n) is 17.4. The highest BCUT2D eigenvalue weighted by Gasteiger charge is 2.54. The first-order valence-corrected chi connectivity index (χ1v) is 11.3. The minimum atomic E-state index is -1.15. The zero-order chi connectivity index (χ0) is 22.4. The molecule has 1 unspecified atom stereocenters. The van der Waals surface area contributed by atoms with E-state index < -0.39 is 17.6 Å². The van der Waals surface area contributed by atoms with Crippen molar-refractivity contribution in [3.63, 3.8) is 0 Å². The zero-order valence-corrected chi connectivity index (χ0v) is 18.2. The summed E-state index contributed by atoms with van der Waals surface area (Å²) >= 11 is 1.21. The fourth-order valence-electron chi connectivity index (χ4n) is 4.52. The van der Waals surface area contributed by atoms with Crippen molar-refractivity contribution in [2.45, 2.75) is 37.9 Å². The van der Waals surface area contributed by atoms with Gasteiger partial charge in [0.05, 0.1) is 30.9 Å². The minimum Gasteiger partial charge on any atom is -0.377 e. The largest absolute Gasteiger partial charge is 0.377 e. The lowest BCUT2D eigenvalue weighted by molar-refractivity contribution is -0.154. The van der Waals surface area contributed by atoms with Crippen molar-refractivity contribution in [3.8, 4) is 0 Å². The van der Waals surface area contributed by atoms with Crippen LogP contribution in [0.1, 0.15) is 28.9 Å². The van der Waals surface area contributed by atoms with Crippen LogP contribution in [0.15, 0.2) is 30.5 Å². The Hall–Kier alpha value is -2.98. The first kappa shape index (κ1) is 20.9. The van der Waals surface area contributed by atoms with Crippen molar-refractivity contribution in [2.75, 3.05) is 19.8 Å². The number of ketones is 2. The molecule has 1 aromatic carbocycles. The summed E-state index contributed by atoms with van der Waals surface area (Å²) in [5.74, 6) is -2.13. The summed E-state index contributed by atoms with van der Waals surface area (Å²) in [6, 6.07) is 4.59. The number of allylic oxidation sites excluding steroid dienone is 1. The molecule has 8 nitrogen and oxygen atoms in total. The van der Waals surface area contributed by atoms with Crippen LogP contribution in [0.5, 0.6) is 0 Å². The van der Waals surface area contributed by atoms with Gasteiger partial charge in [0.25, 0.3) is 5.91 Å².